The van der Waals surface area contributed by atoms with E-state index in [2.05, 4.69) is 21.2 Å². The van der Waals surface area contributed by atoms with Gasteiger partial charge < -0.3 is 10.1 Å². The van der Waals surface area contributed by atoms with E-state index < -0.39 is 0 Å². The predicted molar refractivity (Wildman–Crippen MR) is 121 cm³/mol. The maximum Gasteiger partial charge on any atom is 0.256 e. The van der Waals surface area contributed by atoms with Crippen LogP contribution in [0.5, 0.6) is 5.75 Å². The van der Waals surface area contributed by atoms with Crippen molar-refractivity contribution in [2.75, 3.05) is 12.4 Å². The van der Waals surface area contributed by atoms with Crippen molar-refractivity contribution in [1.29, 1.82) is 0 Å². The highest BCUT2D eigenvalue weighted by Gasteiger charge is 2.16. The predicted octanol–water partition coefficient (Wildman–Crippen LogP) is 6.23. The van der Waals surface area contributed by atoms with Crippen LogP contribution >= 0.6 is 15.9 Å². The molecule has 1 N–H and O–H groups in total. The monoisotopic (exact) mass is 446 g/mol. The Morgan fingerprint density at radius 1 is 1.00 bits per heavy atom. The normalized spacial score (nSPS) is 10.7. The average Bonchev–Trinajstić information content (AvgIpc) is 2.73. The number of aryl methyl sites for hydroxylation is 1. The van der Waals surface area contributed by atoms with Gasteiger partial charge in [-0.25, -0.2) is 4.98 Å². The van der Waals surface area contributed by atoms with E-state index in [0.29, 0.717) is 17.0 Å². The number of para-hydroxylation sites is 1. The Balaban J connectivity index is 1.81. The van der Waals surface area contributed by atoms with Gasteiger partial charge in [-0.05, 0) is 48.9 Å². The number of fused-ring (bicyclic) bond motifs is 1. The lowest BCUT2D eigenvalue weighted by molar-refractivity contribution is 0.102. The van der Waals surface area contributed by atoms with Gasteiger partial charge in [0, 0.05) is 15.4 Å². The molecule has 1 amide bonds. The van der Waals surface area contributed by atoms with E-state index in [1.54, 1.807) is 7.11 Å². The molecular weight excluding hydrogens is 428 g/mol. The second-order valence-corrected chi connectivity index (χ2v) is 7.65. The molecule has 0 atom stereocenters. The molecule has 0 unspecified atom stereocenters. The summed E-state index contributed by atoms with van der Waals surface area (Å²) in [5.41, 5.74) is 4.71. The number of benzene rings is 3. The van der Waals surface area contributed by atoms with Crippen LogP contribution in [0, 0.1) is 6.92 Å². The van der Waals surface area contributed by atoms with Gasteiger partial charge >= 0.3 is 0 Å². The topological polar surface area (TPSA) is 51.2 Å². The van der Waals surface area contributed by atoms with Crippen molar-refractivity contribution in [2.24, 2.45) is 0 Å². The number of ether oxygens (including phenoxy) is 1. The molecule has 1 aromatic heterocycles. The first kappa shape index (κ1) is 19.2. The molecule has 0 bridgehead atoms. The maximum absolute atomic E-state index is 13.2. The Bertz CT molecular complexity index is 1200. The standard InChI is InChI=1S/C24H19BrN2O2/c1-15-7-12-23(29-2)22(13-15)27-24(28)19-14-21(16-8-10-17(25)11-9-16)26-20-6-4-3-5-18(19)20/h3-14H,1-2H3,(H,27,28). The first-order valence-corrected chi connectivity index (χ1v) is 9.96. The van der Waals surface area contributed by atoms with Crippen LogP contribution < -0.4 is 10.1 Å². The Labute approximate surface area is 177 Å². The number of hydrogen-bond donors (Lipinski definition) is 1. The second kappa shape index (κ2) is 8.05. The van der Waals surface area contributed by atoms with Gasteiger partial charge in [0.15, 0.2) is 0 Å². The second-order valence-electron chi connectivity index (χ2n) is 6.74. The molecule has 0 aliphatic carbocycles. The largest absolute Gasteiger partial charge is 0.495 e. The van der Waals surface area contributed by atoms with Crippen molar-refractivity contribution in [1.82, 2.24) is 4.98 Å². The molecule has 4 rings (SSSR count). The van der Waals surface area contributed by atoms with Crippen LogP contribution in [0.3, 0.4) is 0 Å². The van der Waals surface area contributed by atoms with E-state index in [1.165, 1.54) is 0 Å². The van der Waals surface area contributed by atoms with E-state index in [-0.39, 0.29) is 5.91 Å². The number of carbonyl (C=O) groups is 1. The third-order valence-corrected chi connectivity index (χ3v) is 5.23. The minimum absolute atomic E-state index is 0.203. The summed E-state index contributed by atoms with van der Waals surface area (Å²) in [6.07, 6.45) is 0. The lowest BCUT2D eigenvalue weighted by Crippen LogP contribution is -2.14. The molecule has 0 radical (unpaired) electrons. The fourth-order valence-electron chi connectivity index (χ4n) is 3.24. The number of amides is 1. The highest BCUT2D eigenvalue weighted by molar-refractivity contribution is 9.10. The molecule has 1 heterocycles. The first-order chi connectivity index (χ1) is 14.0. The number of hydrogen-bond acceptors (Lipinski definition) is 3. The number of aromatic nitrogens is 1. The van der Waals surface area contributed by atoms with Gasteiger partial charge in [-0.3, -0.25) is 4.79 Å². The number of nitrogens with zero attached hydrogens (tertiary/aromatic N) is 1. The van der Waals surface area contributed by atoms with Crippen LogP contribution in [-0.4, -0.2) is 18.0 Å². The fraction of sp³-hybridized carbons (Fsp3) is 0.0833. The van der Waals surface area contributed by atoms with Crippen LogP contribution in [0.15, 0.2) is 77.3 Å². The molecule has 3 aromatic carbocycles. The van der Waals surface area contributed by atoms with E-state index in [9.17, 15) is 4.79 Å². The summed E-state index contributed by atoms with van der Waals surface area (Å²) in [6, 6.07) is 23.1. The number of nitrogens with one attached hydrogen (secondary N) is 1. The summed E-state index contributed by atoms with van der Waals surface area (Å²) in [5.74, 6) is 0.418. The molecule has 0 saturated heterocycles. The van der Waals surface area contributed by atoms with Crippen molar-refractivity contribution in [3.63, 3.8) is 0 Å². The molecule has 0 aliphatic heterocycles. The van der Waals surface area contributed by atoms with Crippen molar-refractivity contribution in [3.05, 3.63) is 88.4 Å². The van der Waals surface area contributed by atoms with Crippen molar-refractivity contribution in [3.8, 4) is 17.0 Å². The lowest BCUT2D eigenvalue weighted by atomic mass is 10.0. The van der Waals surface area contributed by atoms with Crippen LogP contribution in [-0.2, 0) is 0 Å². The Kier molecular flexibility index (Phi) is 5.32. The number of carbonyl (C=O) groups excluding carboxylic acids is 1. The van der Waals surface area contributed by atoms with Crippen molar-refractivity contribution in [2.45, 2.75) is 6.92 Å². The van der Waals surface area contributed by atoms with Crippen LogP contribution in [0.25, 0.3) is 22.2 Å². The summed E-state index contributed by atoms with van der Waals surface area (Å²) in [4.78, 5) is 18.0. The molecule has 144 valence electrons. The highest BCUT2D eigenvalue weighted by atomic mass is 79.9. The van der Waals surface area contributed by atoms with Crippen molar-refractivity contribution >= 4 is 38.4 Å². The highest BCUT2D eigenvalue weighted by Crippen LogP contribution is 2.29. The Morgan fingerprint density at radius 2 is 1.76 bits per heavy atom. The van der Waals surface area contributed by atoms with Crippen LogP contribution in [0.2, 0.25) is 0 Å². The molecule has 0 spiro atoms. The zero-order chi connectivity index (χ0) is 20.4. The third kappa shape index (κ3) is 4.00. The van der Waals surface area contributed by atoms with Crippen LogP contribution in [0.1, 0.15) is 15.9 Å². The SMILES string of the molecule is COc1ccc(C)cc1NC(=O)c1cc(-c2ccc(Br)cc2)nc2ccccc12. The summed E-state index contributed by atoms with van der Waals surface area (Å²) < 4.78 is 6.39. The van der Waals surface area contributed by atoms with E-state index in [1.807, 2.05) is 79.7 Å². The van der Waals surface area contributed by atoms with Gasteiger partial charge in [-0.1, -0.05) is 52.3 Å². The summed E-state index contributed by atoms with van der Waals surface area (Å²) in [5, 5.41) is 3.80. The van der Waals surface area contributed by atoms with E-state index in [0.717, 1.165) is 32.2 Å². The number of anilines is 1. The molecule has 5 heteroatoms. The van der Waals surface area contributed by atoms with E-state index >= 15 is 0 Å². The molecule has 0 saturated carbocycles. The number of pyridine rings is 1. The summed E-state index contributed by atoms with van der Waals surface area (Å²) in [7, 11) is 1.59. The summed E-state index contributed by atoms with van der Waals surface area (Å²) in [6.45, 7) is 1.97. The van der Waals surface area contributed by atoms with Crippen molar-refractivity contribution < 1.29 is 9.53 Å². The van der Waals surface area contributed by atoms with Gasteiger partial charge in [-0.2, -0.15) is 0 Å². The molecule has 4 nitrogen and oxygen atoms in total. The number of rotatable bonds is 4. The average molecular weight is 447 g/mol. The minimum atomic E-state index is -0.203. The molecule has 0 aliphatic rings. The maximum atomic E-state index is 13.2. The number of halogens is 1. The Hall–Kier alpha value is -3.18. The fourth-order valence-corrected chi connectivity index (χ4v) is 3.51. The third-order valence-electron chi connectivity index (χ3n) is 4.70. The minimum Gasteiger partial charge on any atom is -0.495 e. The molecule has 4 aromatic rings. The Morgan fingerprint density at radius 3 is 2.52 bits per heavy atom. The molecule has 29 heavy (non-hydrogen) atoms. The van der Waals surface area contributed by atoms with Gasteiger partial charge in [-0.15, -0.1) is 0 Å². The lowest BCUT2D eigenvalue weighted by Gasteiger charge is -2.13. The first-order valence-electron chi connectivity index (χ1n) is 9.17. The van der Waals surface area contributed by atoms with Gasteiger partial charge in [0.1, 0.15) is 5.75 Å². The van der Waals surface area contributed by atoms with E-state index in [4.69, 9.17) is 9.72 Å². The molecule has 0 fully saturated rings. The zero-order valence-electron chi connectivity index (χ0n) is 16.1. The quantitative estimate of drug-likeness (QED) is 0.403. The van der Waals surface area contributed by atoms with Gasteiger partial charge in [0.05, 0.1) is 29.6 Å². The van der Waals surface area contributed by atoms with Gasteiger partial charge in [0.25, 0.3) is 5.91 Å². The number of methoxy groups -OCH3 is 1. The van der Waals surface area contributed by atoms with Crippen LogP contribution in [0.4, 0.5) is 5.69 Å². The molecular formula is C24H19BrN2O2. The zero-order valence-corrected chi connectivity index (χ0v) is 17.7. The van der Waals surface area contributed by atoms with Gasteiger partial charge in [0.2, 0.25) is 0 Å². The smallest absolute Gasteiger partial charge is 0.256 e. The summed E-state index contributed by atoms with van der Waals surface area (Å²) >= 11 is 3.46.